The van der Waals surface area contributed by atoms with Crippen molar-refractivity contribution >= 4 is 5.96 Å². The lowest BCUT2D eigenvalue weighted by Crippen LogP contribution is -2.38. The molecule has 1 unspecified atom stereocenters. The molecule has 2 rings (SSSR count). The zero-order chi connectivity index (χ0) is 14.2. The number of nitrogens with two attached hydrogens (primary N) is 1. The number of rotatable bonds is 3. The van der Waals surface area contributed by atoms with Crippen LogP contribution in [0.25, 0.3) is 0 Å². The molecule has 0 bridgehead atoms. The second-order valence-corrected chi connectivity index (χ2v) is 5.76. The molecule has 1 aliphatic rings. The van der Waals surface area contributed by atoms with E-state index in [1.165, 1.54) is 5.56 Å². The molecule has 1 aliphatic heterocycles. The number of aromatic hydroxyl groups is 1. The highest BCUT2D eigenvalue weighted by Gasteiger charge is 2.28. The fourth-order valence-corrected chi connectivity index (χ4v) is 2.61. The average molecular weight is 261 g/mol. The van der Waals surface area contributed by atoms with Gasteiger partial charge in [0.2, 0.25) is 0 Å². The third-order valence-electron chi connectivity index (χ3n) is 3.56. The molecule has 1 aromatic rings. The first-order valence-corrected chi connectivity index (χ1v) is 6.76. The molecule has 3 N–H and O–H groups in total. The lowest BCUT2D eigenvalue weighted by molar-refractivity contribution is 0.309. The predicted molar refractivity (Wildman–Crippen MR) is 78.4 cm³/mol. The normalized spacial score (nSPS) is 19.1. The second kappa shape index (κ2) is 5.11. The molecule has 4 nitrogen and oxygen atoms in total. The van der Waals surface area contributed by atoms with E-state index in [-0.39, 0.29) is 6.04 Å². The SMILES string of the molecule is Cc1cc(C2CN=C(N)N2CC(C)C)cc(C)c1O. The maximum atomic E-state index is 9.87. The first-order chi connectivity index (χ1) is 8.90. The van der Waals surface area contributed by atoms with E-state index >= 15 is 0 Å². The number of phenolic OH excluding ortho intramolecular Hbond substituents is 1. The van der Waals surface area contributed by atoms with Gasteiger partial charge in [0.05, 0.1) is 12.6 Å². The van der Waals surface area contributed by atoms with E-state index in [0.717, 1.165) is 17.7 Å². The smallest absolute Gasteiger partial charge is 0.191 e. The molecule has 0 saturated carbocycles. The van der Waals surface area contributed by atoms with E-state index in [1.807, 2.05) is 26.0 Å². The maximum Gasteiger partial charge on any atom is 0.191 e. The number of nitrogens with zero attached hydrogens (tertiary/aromatic N) is 2. The Morgan fingerprint density at radius 2 is 1.95 bits per heavy atom. The van der Waals surface area contributed by atoms with Gasteiger partial charge in [-0.15, -0.1) is 0 Å². The Kier molecular flexibility index (Phi) is 3.69. The molecular formula is C15H23N3O. The summed E-state index contributed by atoms with van der Waals surface area (Å²) in [5.41, 5.74) is 8.98. The van der Waals surface area contributed by atoms with Crippen molar-refractivity contribution < 1.29 is 5.11 Å². The number of benzene rings is 1. The molecular weight excluding hydrogens is 238 g/mol. The summed E-state index contributed by atoms with van der Waals surface area (Å²) < 4.78 is 0. The van der Waals surface area contributed by atoms with Gasteiger partial charge in [-0.3, -0.25) is 4.99 Å². The second-order valence-electron chi connectivity index (χ2n) is 5.76. The first-order valence-electron chi connectivity index (χ1n) is 6.76. The van der Waals surface area contributed by atoms with Crippen LogP contribution in [0.4, 0.5) is 0 Å². The summed E-state index contributed by atoms with van der Waals surface area (Å²) >= 11 is 0. The summed E-state index contributed by atoms with van der Waals surface area (Å²) in [5, 5.41) is 9.87. The van der Waals surface area contributed by atoms with E-state index in [2.05, 4.69) is 23.7 Å². The lowest BCUT2D eigenvalue weighted by atomic mass is 9.99. The van der Waals surface area contributed by atoms with Crippen molar-refractivity contribution in [2.75, 3.05) is 13.1 Å². The van der Waals surface area contributed by atoms with E-state index in [9.17, 15) is 5.11 Å². The fraction of sp³-hybridized carbons (Fsp3) is 0.533. The van der Waals surface area contributed by atoms with E-state index in [1.54, 1.807) is 0 Å². The van der Waals surface area contributed by atoms with Crippen molar-refractivity contribution in [1.29, 1.82) is 0 Å². The molecule has 0 amide bonds. The van der Waals surface area contributed by atoms with Gasteiger partial charge in [0.1, 0.15) is 5.75 Å². The fourth-order valence-electron chi connectivity index (χ4n) is 2.61. The van der Waals surface area contributed by atoms with Crippen LogP contribution in [0.3, 0.4) is 0 Å². The summed E-state index contributed by atoms with van der Waals surface area (Å²) in [4.78, 5) is 6.53. The Balaban J connectivity index is 2.31. The van der Waals surface area contributed by atoms with Crippen molar-refractivity contribution in [2.45, 2.75) is 33.7 Å². The number of hydrogen-bond donors (Lipinski definition) is 2. The summed E-state index contributed by atoms with van der Waals surface area (Å²) in [7, 11) is 0. The minimum absolute atomic E-state index is 0.195. The largest absolute Gasteiger partial charge is 0.507 e. The molecule has 4 heteroatoms. The third-order valence-corrected chi connectivity index (χ3v) is 3.56. The highest BCUT2D eigenvalue weighted by molar-refractivity contribution is 5.80. The Hall–Kier alpha value is -1.71. The van der Waals surface area contributed by atoms with Crippen LogP contribution in [-0.4, -0.2) is 29.1 Å². The molecule has 0 saturated heterocycles. The van der Waals surface area contributed by atoms with Crippen LogP contribution in [0.2, 0.25) is 0 Å². The van der Waals surface area contributed by atoms with Crippen LogP contribution in [0, 0.1) is 19.8 Å². The molecule has 0 radical (unpaired) electrons. The molecule has 1 atom stereocenters. The van der Waals surface area contributed by atoms with Gasteiger partial charge in [0.25, 0.3) is 0 Å². The van der Waals surface area contributed by atoms with Crippen molar-refractivity contribution in [1.82, 2.24) is 4.90 Å². The van der Waals surface area contributed by atoms with Crippen LogP contribution in [-0.2, 0) is 0 Å². The maximum absolute atomic E-state index is 9.87. The number of hydrogen-bond acceptors (Lipinski definition) is 4. The summed E-state index contributed by atoms with van der Waals surface area (Å²) in [5.74, 6) is 1.54. The highest BCUT2D eigenvalue weighted by Crippen LogP contribution is 2.31. The summed E-state index contributed by atoms with van der Waals surface area (Å²) in [6.07, 6.45) is 0. The monoisotopic (exact) mass is 261 g/mol. The molecule has 0 aliphatic carbocycles. The van der Waals surface area contributed by atoms with Gasteiger partial charge in [-0.2, -0.15) is 0 Å². The van der Waals surface area contributed by atoms with Gasteiger partial charge >= 0.3 is 0 Å². The zero-order valence-electron chi connectivity index (χ0n) is 12.1. The minimum atomic E-state index is 0.195. The van der Waals surface area contributed by atoms with Crippen LogP contribution >= 0.6 is 0 Å². The standard InChI is InChI=1S/C15H23N3O/c1-9(2)8-18-13(7-17-15(18)16)12-5-10(3)14(19)11(4)6-12/h5-6,9,13,19H,7-8H2,1-4H3,(H2,16,17). The van der Waals surface area contributed by atoms with E-state index < -0.39 is 0 Å². The zero-order valence-corrected chi connectivity index (χ0v) is 12.1. The molecule has 1 heterocycles. The van der Waals surface area contributed by atoms with Crippen molar-refractivity contribution in [3.8, 4) is 5.75 Å². The van der Waals surface area contributed by atoms with E-state index in [0.29, 0.717) is 24.2 Å². The lowest BCUT2D eigenvalue weighted by Gasteiger charge is -2.28. The average Bonchev–Trinajstić information content (AvgIpc) is 2.67. The van der Waals surface area contributed by atoms with Crippen molar-refractivity contribution in [3.05, 3.63) is 28.8 Å². The van der Waals surface area contributed by atoms with Gasteiger partial charge in [-0.05, 0) is 36.5 Å². The van der Waals surface area contributed by atoms with E-state index in [4.69, 9.17) is 5.73 Å². The van der Waals surface area contributed by atoms with Crippen LogP contribution in [0.5, 0.6) is 5.75 Å². The topological polar surface area (TPSA) is 61.8 Å². The number of phenols is 1. The van der Waals surface area contributed by atoms with Gasteiger partial charge in [-0.25, -0.2) is 0 Å². The van der Waals surface area contributed by atoms with Crippen LogP contribution in [0.1, 0.15) is 36.6 Å². The molecule has 104 valence electrons. The molecule has 0 fully saturated rings. The van der Waals surface area contributed by atoms with Gasteiger partial charge in [0.15, 0.2) is 5.96 Å². The summed E-state index contributed by atoms with van der Waals surface area (Å²) in [6.45, 7) is 9.81. The summed E-state index contributed by atoms with van der Waals surface area (Å²) in [6, 6.07) is 4.27. The quantitative estimate of drug-likeness (QED) is 0.878. The van der Waals surface area contributed by atoms with Crippen molar-refractivity contribution in [3.63, 3.8) is 0 Å². The number of aliphatic imine (C=N–C) groups is 1. The highest BCUT2D eigenvalue weighted by atomic mass is 16.3. The molecule has 1 aromatic carbocycles. The Bertz CT molecular complexity index is 485. The van der Waals surface area contributed by atoms with Crippen LogP contribution < -0.4 is 5.73 Å². The Labute approximate surface area is 114 Å². The van der Waals surface area contributed by atoms with Gasteiger partial charge in [-0.1, -0.05) is 26.0 Å². The van der Waals surface area contributed by atoms with Gasteiger partial charge < -0.3 is 15.7 Å². The third kappa shape index (κ3) is 2.67. The number of guanidine groups is 1. The first kappa shape index (κ1) is 13.7. The molecule has 0 spiro atoms. The minimum Gasteiger partial charge on any atom is -0.507 e. The predicted octanol–water partition coefficient (Wildman–Crippen LogP) is 2.34. The Morgan fingerprint density at radius 1 is 1.37 bits per heavy atom. The van der Waals surface area contributed by atoms with Crippen LogP contribution in [0.15, 0.2) is 17.1 Å². The number of aryl methyl sites for hydroxylation is 2. The van der Waals surface area contributed by atoms with Gasteiger partial charge in [0, 0.05) is 6.54 Å². The molecule has 19 heavy (non-hydrogen) atoms. The van der Waals surface area contributed by atoms with Crippen molar-refractivity contribution in [2.24, 2.45) is 16.6 Å². The Morgan fingerprint density at radius 3 is 2.47 bits per heavy atom. The molecule has 0 aromatic heterocycles.